The van der Waals surface area contributed by atoms with E-state index in [4.69, 9.17) is 30.9 Å². The summed E-state index contributed by atoms with van der Waals surface area (Å²) < 4.78 is 37.9. The number of ether oxygens (including phenoxy) is 2. The number of nitrogens with zero attached hydrogens (tertiary/aromatic N) is 4. The summed E-state index contributed by atoms with van der Waals surface area (Å²) in [6.45, 7) is 0.777. The number of halogens is 2. The number of hydrogen-bond acceptors (Lipinski definition) is 8. The van der Waals surface area contributed by atoms with Crippen LogP contribution in [0, 0.1) is 0 Å². The Hall–Kier alpha value is -1.40. The van der Waals surface area contributed by atoms with Crippen LogP contribution < -0.4 is 5.32 Å². The molecule has 11 nitrogen and oxygen atoms in total. The molecule has 1 saturated carbocycles. The van der Waals surface area contributed by atoms with Crippen LogP contribution in [0.5, 0.6) is 0 Å². The largest absolute Gasteiger partial charge is 0.387 e. The van der Waals surface area contributed by atoms with Crippen LogP contribution in [-0.4, -0.2) is 71.5 Å². The van der Waals surface area contributed by atoms with E-state index in [-0.39, 0.29) is 17.0 Å². The number of hydrogen-bond donors (Lipinski definition) is 4. The molecule has 2 aromatic rings. The molecule has 31 heavy (non-hydrogen) atoms. The molecule has 2 aromatic heterocycles. The molecule has 0 radical (unpaired) electrons. The summed E-state index contributed by atoms with van der Waals surface area (Å²) in [6, 6.07) is 0.258. The van der Waals surface area contributed by atoms with Crippen LogP contribution in [0.3, 0.4) is 0 Å². The molecule has 5 atom stereocenters. The van der Waals surface area contributed by atoms with Gasteiger partial charge < -0.3 is 29.7 Å². The van der Waals surface area contributed by atoms with Gasteiger partial charge in [0.2, 0.25) is 5.28 Å². The number of alkyl halides is 1. The smallest absolute Gasteiger partial charge is 0.353 e. The summed E-state index contributed by atoms with van der Waals surface area (Å²) in [7, 11) is -4.48. The highest BCUT2D eigenvalue weighted by Gasteiger charge is 2.47. The number of aliphatic hydroxyl groups is 1. The second-order valence-electron chi connectivity index (χ2n) is 7.82. The van der Waals surface area contributed by atoms with Crippen LogP contribution in [0.25, 0.3) is 11.0 Å². The minimum Gasteiger partial charge on any atom is -0.387 e. The number of nitrogens with one attached hydrogen (secondary N) is 1. The Kier molecular flexibility index (Phi) is 6.51. The zero-order valence-corrected chi connectivity index (χ0v) is 18.3. The van der Waals surface area contributed by atoms with Gasteiger partial charge >= 0.3 is 7.60 Å². The first-order chi connectivity index (χ1) is 14.6. The van der Waals surface area contributed by atoms with E-state index in [0.717, 1.165) is 25.7 Å². The average molecular weight is 480 g/mol. The fourth-order valence-corrected chi connectivity index (χ4v) is 4.27. The van der Waals surface area contributed by atoms with Crippen LogP contribution in [0.15, 0.2) is 6.20 Å². The van der Waals surface area contributed by atoms with Crippen molar-refractivity contribution >= 4 is 36.0 Å². The topological polar surface area (TPSA) is 152 Å². The lowest BCUT2D eigenvalue weighted by atomic mass is 10.1. The Balaban J connectivity index is 1.55. The molecule has 3 heterocycles. The van der Waals surface area contributed by atoms with Gasteiger partial charge in [-0.1, -0.05) is 12.8 Å². The molecular formula is C17H24ClFN5O6P. The molecule has 0 bridgehead atoms. The first-order valence-corrected chi connectivity index (χ1v) is 12.0. The maximum absolute atomic E-state index is 14.9. The van der Waals surface area contributed by atoms with E-state index in [9.17, 15) is 14.1 Å². The second kappa shape index (κ2) is 8.86. The van der Waals surface area contributed by atoms with Crippen LogP contribution in [0.1, 0.15) is 38.8 Å². The Labute approximate surface area is 182 Å². The molecule has 172 valence electrons. The normalized spacial score (nSPS) is 28.5. The zero-order chi connectivity index (χ0) is 22.3. The van der Waals surface area contributed by atoms with Crippen molar-refractivity contribution in [3.8, 4) is 0 Å². The lowest BCUT2D eigenvalue weighted by Gasteiger charge is -2.19. The van der Waals surface area contributed by atoms with Crippen molar-refractivity contribution in [2.75, 3.05) is 11.9 Å². The van der Waals surface area contributed by atoms with Gasteiger partial charge in [0.05, 0.1) is 18.2 Å². The number of aliphatic hydroxyl groups excluding tert-OH is 1. The van der Waals surface area contributed by atoms with E-state index in [1.54, 1.807) is 0 Å². The highest BCUT2D eigenvalue weighted by molar-refractivity contribution is 7.52. The molecule has 2 fully saturated rings. The summed E-state index contributed by atoms with van der Waals surface area (Å²) in [5, 5.41) is 18.2. The quantitative estimate of drug-likeness (QED) is 0.342. The van der Waals surface area contributed by atoms with Crippen LogP contribution in [0.4, 0.5) is 10.2 Å². The molecule has 0 spiro atoms. The third kappa shape index (κ3) is 4.70. The second-order valence-corrected chi connectivity index (χ2v) is 10.1. The molecule has 14 heteroatoms. The van der Waals surface area contributed by atoms with E-state index in [0.29, 0.717) is 11.2 Å². The van der Waals surface area contributed by atoms with Gasteiger partial charge in [0.15, 0.2) is 23.9 Å². The van der Waals surface area contributed by atoms with E-state index >= 15 is 0 Å². The number of fused-ring (bicyclic) bond motifs is 1. The average Bonchev–Trinajstić information content (AvgIpc) is 3.41. The summed E-state index contributed by atoms with van der Waals surface area (Å²) in [6.07, 6.45) is -0.180. The van der Waals surface area contributed by atoms with E-state index < -0.39 is 44.7 Å². The standard InChI is InChI=1S/C17H24ClFN5O6P/c1-8(31(26,27)28)29-7-11-13(25)12(19)16(30-11)24-15-10(6-20-24)14(22-17(18)23-15)21-9-4-2-3-5-9/h6,8-9,11-13,16,25H,2-5,7H2,1H3,(H,21,22,23)(H2,26,27,28)/t8?,11-,12+,13-,16-/m1/s1. The summed E-state index contributed by atoms with van der Waals surface area (Å²) in [4.78, 5) is 26.6. The molecule has 1 aliphatic carbocycles. The summed E-state index contributed by atoms with van der Waals surface area (Å²) in [5.74, 6) is -0.917. The van der Waals surface area contributed by atoms with Gasteiger partial charge in [-0.25, -0.2) is 9.07 Å². The zero-order valence-electron chi connectivity index (χ0n) is 16.6. The Bertz CT molecular complexity index is 985. The van der Waals surface area contributed by atoms with Crippen molar-refractivity contribution in [1.82, 2.24) is 19.7 Å². The van der Waals surface area contributed by atoms with Gasteiger partial charge in [-0.2, -0.15) is 15.1 Å². The number of rotatable bonds is 7. The Morgan fingerprint density at radius 2 is 2.13 bits per heavy atom. The van der Waals surface area contributed by atoms with Crippen molar-refractivity contribution in [2.24, 2.45) is 0 Å². The maximum atomic E-state index is 14.9. The third-order valence-electron chi connectivity index (χ3n) is 5.63. The molecule has 4 rings (SSSR count). The van der Waals surface area contributed by atoms with Crippen molar-refractivity contribution in [2.45, 2.75) is 69.1 Å². The first kappa shape index (κ1) is 22.8. The molecule has 1 aliphatic heterocycles. The van der Waals surface area contributed by atoms with Gasteiger partial charge in [-0.05, 0) is 31.4 Å². The molecule has 4 N–H and O–H groups in total. The molecule has 0 aromatic carbocycles. The lowest BCUT2D eigenvalue weighted by molar-refractivity contribution is -0.0716. The predicted molar refractivity (Wildman–Crippen MR) is 108 cm³/mol. The SMILES string of the molecule is CC(OC[C@H]1O[C@@H](n2ncc3c(NC4CCCC4)nc(Cl)nc32)[C@@H](F)[C@@H]1O)P(=O)(O)O. The fraction of sp³-hybridized carbons (Fsp3) is 0.706. The highest BCUT2D eigenvalue weighted by Crippen LogP contribution is 2.42. The molecular weight excluding hydrogens is 456 g/mol. The van der Waals surface area contributed by atoms with Crippen molar-refractivity contribution in [1.29, 1.82) is 0 Å². The minimum absolute atomic E-state index is 0.0425. The number of aromatic nitrogens is 4. The molecule has 2 aliphatic rings. The van der Waals surface area contributed by atoms with Crippen molar-refractivity contribution < 1.29 is 33.3 Å². The first-order valence-electron chi connectivity index (χ1n) is 9.97. The molecule has 1 saturated heterocycles. The summed E-state index contributed by atoms with van der Waals surface area (Å²) in [5.41, 5.74) is 0.241. The minimum atomic E-state index is -4.48. The van der Waals surface area contributed by atoms with Gasteiger partial charge in [-0.3, -0.25) is 4.57 Å². The monoisotopic (exact) mass is 479 g/mol. The van der Waals surface area contributed by atoms with Crippen LogP contribution >= 0.6 is 19.2 Å². The van der Waals surface area contributed by atoms with E-state index in [1.165, 1.54) is 17.8 Å². The third-order valence-corrected chi connectivity index (χ3v) is 6.90. The van der Waals surface area contributed by atoms with Gasteiger partial charge in [0.1, 0.15) is 18.0 Å². The summed E-state index contributed by atoms with van der Waals surface area (Å²) >= 11 is 6.08. The van der Waals surface area contributed by atoms with E-state index in [1.807, 2.05) is 0 Å². The molecule has 0 amide bonds. The van der Waals surface area contributed by atoms with E-state index in [2.05, 4.69) is 20.4 Å². The highest BCUT2D eigenvalue weighted by atomic mass is 35.5. The van der Waals surface area contributed by atoms with Crippen LogP contribution in [-0.2, 0) is 14.0 Å². The maximum Gasteiger partial charge on any atom is 0.353 e. The Morgan fingerprint density at radius 3 is 2.81 bits per heavy atom. The van der Waals surface area contributed by atoms with Gasteiger partial charge in [-0.15, -0.1) is 0 Å². The van der Waals surface area contributed by atoms with Gasteiger partial charge in [0.25, 0.3) is 0 Å². The van der Waals surface area contributed by atoms with Gasteiger partial charge in [0, 0.05) is 6.04 Å². The Morgan fingerprint density at radius 1 is 1.42 bits per heavy atom. The van der Waals surface area contributed by atoms with Crippen LogP contribution in [0.2, 0.25) is 5.28 Å². The lowest BCUT2D eigenvalue weighted by Crippen LogP contribution is -2.32. The predicted octanol–water partition coefficient (Wildman–Crippen LogP) is 1.97. The fourth-order valence-electron chi connectivity index (χ4n) is 3.83. The van der Waals surface area contributed by atoms with Crippen molar-refractivity contribution in [3.63, 3.8) is 0 Å². The molecule has 1 unspecified atom stereocenters. The number of anilines is 1. The van der Waals surface area contributed by atoms with Crippen molar-refractivity contribution in [3.05, 3.63) is 11.5 Å².